The standard InChI is InChI=1S/C13H28N2/c1-11(2)10-15-7-5-4-6-13(15)8-12(3)9-14/h11-13H,4-10,14H2,1-3H3. The number of rotatable bonds is 5. The molecule has 0 amide bonds. The van der Waals surface area contributed by atoms with Gasteiger partial charge in [-0.3, -0.25) is 0 Å². The van der Waals surface area contributed by atoms with Crippen LogP contribution in [0, 0.1) is 11.8 Å². The first-order valence-electron chi connectivity index (χ1n) is 6.57. The number of nitrogens with two attached hydrogens (primary N) is 1. The van der Waals surface area contributed by atoms with Gasteiger partial charge in [0, 0.05) is 12.6 Å². The van der Waals surface area contributed by atoms with Crippen LogP contribution in [0.15, 0.2) is 0 Å². The highest BCUT2D eigenvalue weighted by Gasteiger charge is 2.23. The maximum Gasteiger partial charge on any atom is 0.00983 e. The summed E-state index contributed by atoms with van der Waals surface area (Å²) in [4.78, 5) is 2.69. The molecule has 0 radical (unpaired) electrons. The number of hydrogen-bond acceptors (Lipinski definition) is 2. The van der Waals surface area contributed by atoms with Gasteiger partial charge in [0.15, 0.2) is 0 Å². The maximum atomic E-state index is 5.72. The van der Waals surface area contributed by atoms with Gasteiger partial charge in [-0.2, -0.15) is 0 Å². The van der Waals surface area contributed by atoms with Crippen LogP contribution < -0.4 is 5.73 Å². The Morgan fingerprint density at radius 2 is 2.00 bits per heavy atom. The minimum absolute atomic E-state index is 0.683. The molecule has 2 nitrogen and oxygen atoms in total. The van der Waals surface area contributed by atoms with Crippen LogP contribution in [0.5, 0.6) is 0 Å². The smallest absolute Gasteiger partial charge is 0.00983 e. The molecule has 15 heavy (non-hydrogen) atoms. The van der Waals surface area contributed by atoms with Gasteiger partial charge in [0.2, 0.25) is 0 Å². The van der Waals surface area contributed by atoms with Crippen molar-refractivity contribution in [3.05, 3.63) is 0 Å². The average Bonchev–Trinajstić information content (AvgIpc) is 2.20. The minimum Gasteiger partial charge on any atom is -0.330 e. The topological polar surface area (TPSA) is 29.3 Å². The van der Waals surface area contributed by atoms with E-state index in [1.165, 1.54) is 38.8 Å². The molecule has 0 aromatic rings. The van der Waals surface area contributed by atoms with Crippen molar-refractivity contribution in [1.82, 2.24) is 4.90 Å². The molecule has 1 fully saturated rings. The van der Waals surface area contributed by atoms with E-state index in [9.17, 15) is 0 Å². The van der Waals surface area contributed by atoms with E-state index in [0.29, 0.717) is 5.92 Å². The van der Waals surface area contributed by atoms with Crippen LogP contribution in [0.2, 0.25) is 0 Å². The van der Waals surface area contributed by atoms with Gasteiger partial charge in [-0.05, 0) is 44.2 Å². The van der Waals surface area contributed by atoms with E-state index in [4.69, 9.17) is 5.73 Å². The Labute approximate surface area is 95.2 Å². The van der Waals surface area contributed by atoms with Crippen LogP contribution in [0.4, 0.5) is 0 Å². The summed E-state index contributed by atoms with van der Waals surface area (Å²) in [7, 11) is 0. The molecule has 0 aromatic carbocycles. The average molecular weight is 212 g/mol. The van der Waals surface area contributed by atoms with Gasteiger partial charge in [-0.15, -0.1) is 0 Å². The Kier molecular flexibility index (Phi) is 5.62. The van der Waals surface area contributed by atoms with Crippen molar-refractivity contribution in [3.8, 4) is 0 Å². The van der Waals surface area contributed by atoms with Gasteiger partial charge in [0.1, 0.15) is 0 Å². The number of likely N-dealkylation sites (tertiary alicyclic amines) is 1. The van der Waals surface area contributed by atoms with E-state index in [0.717, 1.165) is 18.5 Å². The quantitative estimate of drug-likeness (QED) is 0.758. The molecule has 1 heterocycles. The van der Waals surface area contributed by atoms with E-state index in [1.54, 1.807) is 0 Å². The molecule has 0 aliphatic carbocycles. The summed E-state index contributed by atoms with van der Waals surface area (Å²) in [6, 6.07) is 0.805. The van der Waals surface area contributed by atoms with Crippen molar-refractivity contribution in [3.63, 3.8) is 0 Å². The molecule has 2 unspecified atom stereocenters. The molecule has 1 aliphatic heterocycles. The lowest BCUT2D eigenvalue weighted by Gasteiger charge is -2.38. The maximum absolute atomic E-state index is 5.72. The molecule has 1 saturated heterocycles. The number of hydrogen-bond donors (Lipinski definition) is 1. The Hall–Kier alpha value is -0.0800. The molecule has 2 atom stereocenters. The summed E-state index contributed by atoms with van der Waals surface area (Å²) in [6.45, 7) is 10.3. The normalized spacial score (nSPS) is 25.8. The molecule has 0 bridgehead atoms. The van der Waals surface area contributed by atoms with E-state index >= 15 is 0 Å². The SMILES string of the molecule is CC(C)CN1CCCCC1CC(C)CN. The minimum atomic E-state index is 0.683. The summed E-state index contributed by atoms with van der Waals surface area (Å²) in [5, 5.41) is 0. The highest BCUT2D eigenvalue weighted by molar-refractivity contribution is 4.79. The fourth-order valence-corrected chi connectivity index (χ4v) is 2.60. The van der Waals surface area contributed by atoms with Crippen molar-refractivity contribution >= 4 is 0 Å². The highest BCUT2D eigenvalue weighted by atomic mass is 15.2. The van der Waals surface area contributed by atoms with Crippen molar-refractivity contribution in [1.29, 1.82) is 0 Å². The van der Waals surface area contributed by atoms with E-state index < -0.39 is 0 Å². The molecular formula is C13H28N2. The first kappa shape index (κ1) is 13.0. The third-order valence-electron chi connectivity index (χ3n) is 3.43. The van der Waals surface area contributed by atoms with Crippen molar-refractivity contribution in [2.24, 2.45) is 17.6 Å². The van der Waals surface area contributed by atoms with E-state index in [-0.39, 0.29) is 0 Å². The molecule has 2 heteroatoms. The summed E-state index contributed by atoms with van der Waals surface area (Å²) in [5.41, 5.74) is 5.72. The number of nitrogens with zero attached hydrogens (tertiary/aromatic N) is 1. The molecule has 0 spiro atoms. The van der Waals surface area contributed by atoms with Crippen LogP contribution in [0.25, 0.3) is 0 Å². The molecule has 1 aliphatic rings. The second kappa shape index (κ2) is 6.49. The van der Waals surface area contributed by atoms with Crippen LogP contribution in [-0.4, -0.2) is 30.6 Å². The van der Waals surface area contributed by atoms with Crippen LogP contribution in [0.3, 0.4) is 0 Å². The van der Waals surface area contributed by atoms with Crippen LogP contribution in [-0.2, 0) is 0 Å². The molecule has 0 saturated carbocycles. The monoisotopic (exact) mass is 212 g/mol. The van der Waals surface area contributed by atoms with E-state index in [2.05, 4.69) is 25.7 Å². The lowest BCUT2D eigenvalue weighted by atomic mass is 9.92. The van der Waals surface area contributed by atoms with E-state index in [1.807, 2.05) is 0 Å². The van der Waals surface area contributed by atoms with Crippen molar-refractivity contribution in [2.45, 2.75) is 52.5 Å². The summed E-state index contributed by atoms with van der Waals surface area (Å²) in [6.07, 6.45) is 5.48. The fourth-order valence-electron chi connectivity index (χ4n) is 2.60. The second-order valence-corrected chi connectivity index (χ2v) is 5.61. The Bertz CT molecular complexity index is 168. The van der Waals surface area contributed by atoms with Gasteiger partial charge in [-0.25, -0.2) is 0 Å². The van der Waals surface area contributed by atoms with Crippen LogP contribution in [0.1, 0.15) is 46.5 Å². The zero-order valence-electron chi connectivity index (χ0n) is 10.7. The molecular weight excluding hydrogens is 184 g/mol. The molecule has 1 rings (SSSR count). The predicted molar refractivity (Wildman–Crippen MR) is 66.9 cm³/mol. The zero-order chi connectivity index (χ0) is 11.3. The van der Waals surface area contributed by atoms with Crippen LogP contribution >= 0.6 is 0 Å². The molecule has 90 valence electrons. The predicted octanol–water partition coefficient (Wildman–Crippen LogP) is 2.48. The van der Waals surface area contributed by atoms with Gasteiger partial charge in [-0.1, -0.05) is 27.2 Å². The largest absolute Gasteiger partial charge is 0.330 e. The Morgan fingerprint density at radius 3 is 2.60 bits per heavy atom. The summed E-state index contributed by atoms with van der Waals surface area (Å²) < 4.78 is 0. The molecule has 0 aromatic heterocycles. The lowest BCUT2D eigenvalue weighted by molar-refractivity contribution is 0.114. The lowest BCUT2D eigenvalue weighted by Crippen LogP contribution is -2.42. The van der Waals surface area contributed by atoms with Crippen molar-refractivity contribution < 1.29 is 0 Å². The van der Waals surface area contributed by atoms with Gasteiger partial charge < -0.3 is 10.6 Å². The third kappa shape index (κ3) is 4.52. The Morgan fingerprint density at radius 1 is 1.27 bits per heavy atom. The van der Waals surface area contributed by atoms with Gasteiger partial charge in [0.25, 0.3) is 0 Å². The second-order valence-electron chi connectivity index (χ2n) is 5.61. The van der Waals surface area contributed by atoms with Crippen molar-refractivity contribution in [2.75, 3.05) is 19.6 Å². The Balaban J connectivity index is 2.42. The van der Waals surface area contributed by atoms with Gasteiger partial charge >= 0.3 is 0 Å². The first-order chi connectivity index (χ1) is 7.13. The summed E-state index contributed by atoms with van der Waals surface area (Å²) in [5.74, 6) is 1.47. The molecule has 2 N–H and O–H groups in total. The first-order valence-corrected chi connectivity index (χ1v) is 6.57. The number of piperidine rings is 1. The fraction of sp³-hybridized carbons (Fsp3) is 1.00. The summed E-state index contributed by atoms with van der Waals surface area (Å²) >= 11 is 0. The third-order valence-corrected chi connectivity index (χ3v) is 3.43. The highest BCUT2D eigenvalue weighted by Crippen LogP contribution is 2.23. The zero-order valence-corrected chi connectivity index (χ0v) is 10.7. The van der Waals surface area contributed by atoms with Gasteiger partial charge in [0.05, 0.1) is 0 Å².